The summed E-state index contributed by atoms with van der Waals surface area (Å²) in [4.78, 5) is 23.9. The van der Waals surface area contributed by atoms with Gasteiger partial charge in [0, 0.05) is 5.02 Å². The van der Waals surface area contributed by atoms with Crippen LogP contribution in [0.15, 0.2) is 24.3 Å². The fourth-order valence-corrected chi connectivity index (χ4v) is 2.49. The van der Waals surface area contributed by atoms with Crippen molar-refractivity contribution in [3.8, 4) is 0 Å². The van der Waals surface area contributed by atoms with E-state index in [4.69, 9.17) is 16.3 Å². The molecule has 0 aromatic heterocycles. The first-order valence-electron chi connectivity index (χ1n) is 6.76. The van der Waals surface area contributed by atoms with E-state index in [1.807, 2.05) is 12.3 Å². The van der Waals surface area contributed by atoms with Crippen molar-refractivity contribution in [2.75, 3.05) is 18.6 Å². The van der Waals surface area contributed by atoms with Gasteiger partial charge in [0.05, 0.1) is 13.0 Å². The van der Waals surface area contributed by atoms with Crippen molar-refractivity contribution >= 4 is 35.2 Å². The van der Waals surface area contributed by atoms with E-state index in [9.17, 15) is 9.59 Å². The minimum absolute atomic E-state index is 0.190. The van der Waals surface area contributed by atoms with Crippen LogP contribution < -0.4 is 5.32 Å². The Bertz CT molecular complexity index is 482. The third-order valence-corrected chi connectivity index (χ3v) is 3.65. The fourth-order valence-electron chi connectivity index (χ4n) is 1.81. The average molecular weight is 330 g/mol. The molecule has 0 saturated heterocycles. The van der Waals surface area contributed by atoms with Crippen LogP contribution >= 0.6 is 23.4 Å². The highest BCUT2D eigenvalue weighted by molar-refractivity contribution is 7.98. The van der Waals surface area contributed by atoms with Gasteiger partial charge < -0.3 is 10.1 Å². The number of halogens is 1. The normalized spacial score (nSPS) is 11.8. The Morgan fingerprint density at radius 1 is 1.43 bits per heavy atom. The van der Waals surface area contributed by atoms with Crippen molar-refractivity contribution in [2.45, 2.75) is 25.8 Å². The van der Waals surface area contributed by atoms with Crippen LogP contribution in [0, 0.1) is 0 Å². The maximum Gasteiger partial charge on any atom is 0.328 e. The Hall–Kier alpha value is -1.20. The van der Waals surface area contributed by atoms with Gasteiger partial charge in [-0.15, -0.1) is 0 Å². The molecule has 0 spiro atoms. The summed E-state index contributed by atoms with van der Waals surface area (Å²) in [5.41, 5.74) is 0.812. The molecule has 6 heteroatoms. The Balaban J connectivity index is 2.60. The minimum atomic E-state index is -0.593. The molecule has 0 fully saturated rings. The predicted octanol–water partition coefficient (Wildman–Crippen LogP) is 2.68. The molecule has 116 valence electrons. The van der Waals surface area contributed by atoms with Crippen LogP contribution in [0.25, 0.3) is 0 Å². The molecule has 1 amide bonds. The first-order chi connectivity index (χ1) is 10.1. The Labute approximate surface area is 134 Å². The lowest BCUT2D eigenvalue weighted by atomic mass is 10.1. The summed E-state index contributed by atoms with van der Waals surface area (Å²) in [7, 11) is 0. The smallest absolute Gasteiger partial charge is 0.328 e. The molecule has 0 radical (unpaired) electrons. The summed E-state index contributed by atoms with van der Waals surface area (Å²) >= 11 is 7.51. The zero-order valence-corrected chi connectivity index (χ0v) is 13.8. The zero-order chi connectivity index (χ0) is 15.7. The van der Waals surface area contributed by atoms with Crippen molar-refractivity contribution in [3.05, 3.63) is 34.9 Å². The highest BCUT2D eigenvalue weighted by Gasteiger charge is 2.21. The van der Waals surface area contributed by atoms with Crippen molar-refractivity contribution < 1.29 is 14.3 Å². The summed E-state index contributed by atoms with van der Waals surface area (Å²) in [5.74, 6) is 0.184. The van der Waals surface area contributed by atoms with Crippen LogP contribution in [0.3, 0.4) is 0 Å². The van der Waals surface area contributed by atoms with Gasteiger partial charge in [0.15, 0.2) is 0 Å². The van der Waals surface area contributed by atoms with Crippen LogP contribution in [-0.2, 0) is 20.7 Å². The van der Waals surface area contributed by atoms with Crippen molar-refractivity contribution in [2.24, 2.45) is 0 Å². The SMILES string of the molecule is CCOC(=O)[C@H](CCSC)NC(=O)Cc1cccc(Cl)c1. The maximum absolute atomic E-state index is 12.0. The summed E-state index contributed by atoms with van der Waals surface area (Å²) < 4.78 is 4.99. The van der Waals surface area contributed by atoms with Gasteiger partial charge in [0.25, 0.3) is 0 Å². The largest absolute Gasteiger partial charge is 0.464 e. The minimum Gasteiger partial charge on any atom is -0.464 e. The summed E-state index contributed by atoms with van der Waals surface area (Å²) in [6.07, 6.45) is 2.70. The lowest BCUT2D eigenvalue weighted by molar-refractivity contribution is -0.147. The molecule has 4 nitrogen and oxygen atoms in total. The van der Waals surface area contributed by atoms with Crippen molar-refractivity contribution in [3.63, 3.8) is 0 Å². The first kappa shape index (κ1) is 17.9. The van der Waals surface area contributed by atoms with Crippen molar-refractivity contribution in [1.82, 2.24) is 5.32 Å². The number of nitrogens with one attached hydrogen (secondary N) is 1. The molecule has 0 bridgehead atoms. The lowest BCUT2D eigenvalue weighted by Gasteiger charge is -2.17. The number of esters is 1. The van der Waals surface area contributed by atoms with Gasteiger partial charge in [-0.2, -0.15) is 11.8 Å². The van der Waals surface area contributed by atoms with Crippen LogP contribution in [0.4, 0.5) is 0 Å². The van der Waals surface area contributed by atoms with Gasteiger partial charge in [-0.25, -0.2) is 4.79 Å². The highest BCUT2D eigenvalue weighted by Crippen LogP contribution is 2.11. The number of ether oxygens (including phenoxy) is 1. The van der Waals surface area contributed by atoms with Crippen LogP contribution in [0.1, 0.15) is 18.9 Å². The van der Waals surface area contributed by atoms with Gasteiger partial charge >= 0.3 is 5.97 Å². The molecule has 0 aliphatic carbocycles. The van der Waals surface area contributed by atoms with E-state index < -0.39 is 6.04 Å². The quantitative estimate of drug-likeness (QED) is 0.745. The number of carbonyl (C=O) groups is 2. The Morgan fingerprint density at radius 3 is 2.81 bits per heavy atom. The molecular weight excluding hydrogens is 310 g/mol. The Morgan fingerprint density at radius 2 is 2.19 bits per heavy atom. The van der Waals surface area contributed by atoms with E-state index in [1.54, 1.807) is 36.9 Å². The number of hydrogen-bond acceptors (Lipinski definition) is 4. The van der Waals surface area contributed by atoms with E-state index in [-0.39, 0.29) is 18.3 Å². The van der Waals surface area contributed by atoms with Crippen LogP contribution in [0.2, 0.25) is 5.02 Å². The third kappa shape index (κ3) is 6.87. The maximum atomic E-state index is 12.0. The molecule has 1 rings (SSSR count). The second-order valence-electron chi connectivity index (χ2n) is 4.46. The second kappa shape index (κ2) is 9.68. The summed E-state index contributed by atoms with van der Waals surface area (Å²) in [6.45, 7) is 2.05. The van der Waals surface area contributed by atoms with E-state index >= 15 is 0 Å². The monoisotopic (exact) mass is 329 g/mol. The average Bonchev–Trinajstić information content (AvgIpc) is 2.43. The molecule has 0 heterocycles. The molecule has 1 aromatic rings. The molecule has 0 aliphatic heterocycles. The van der Waals surface area contributed by atoms with Gasteiger partial charge in [-0.3, -0.25) is 4.79 Å². The van der Waals surface area contributed by atoms with E-state index in [2.05, 4.69) is 5.32 Å². The molecule has 0 unspecified atom stereocenters. The third-order valence-electron chi connectivity index (χ3n) is 2.77. The molecular formula is C15H20ClNO3S. The highest BCUT2D eigenvalue weighted by atomic mass is 35.5. The molecule has 0 aliphatic rings. The molecule has 1 N–H and O–H groups in total. The van der Waals surface area contributed by atoms with Gasteiger partial charge in [0.2, 0.25) is 5.91 Å². The number of hydrogen-bond donors (Lipinski definition) is 1. The Kier molecular flexibility index (Phi) is 8.23. The zero-order valence-electron chi connectivity index (χ0n) is 12.2. The topological polar surface area (TPSA) is 55.4 Å². The molecule has 21 heavy (non-hydrogen) atoms. The lowest BCUT2D eigenvalue weighted by Crippen LogP contribution is -2.43. The number of carbonyl (C=O) groups excluding carboxylic acids is 2. The molecule has 1 aromatic carbocycles. The van der Waals surface area contributed by atoms with E-state index in [1.165, 1.54) is 0 Å². The second-order valence-corrected chi connectivity index (χ2v) is 5.88. The fraction of sp³-hybridized carbons (Fsp3) is 0.467. The summed E-state index contributed by atoms with van der Waals surface area (Å²) in [6, 6.07) is 6.52. The van der Waals surface area contributed by atoms with Gasteiger partial charge in [-0.1, -0.05) is 23.7 Å². The molecule has 1 atom stereocenters. The predicted molar refractivity (Wildman–Crippen MR) is 86.7 cm³/mol. The van der Waals surface area contributed by atoms with Crippen LogP contribution in [0.5, 0.6) is 0 Å². The molecule has 0 saturated carbocycles. The number of thioether (sulfide) groups is 1. The number of benzene rings is 1. The van der Waals surface area contributed by atoms with E-state index in [0.29, 0.717) is 18.1 Å². The first-order valence-corrected chi connectivity index (χ1v) is 8.53. The number of rotatable bonds is 8. The standard InChI is InChI=1S/C15H20ClNO3S/c1-3-20-15(19)13(7-8-21-2)17-14(18)10-11-5-4-6-12(16)9-11/h4-6,9,13H,3,7-8,10H2,1-2H3,(H,17,18)/t13-/m0/s1. The van der Waals surface area contributed by atoms with Gasteiger partial charge in [-0.05, 0) is 43.0 Å². The van der Waals surface area contributed by atoms with Crippen LogP contribution in [-0.4, -0.2) is 36.5 Å². The van der Waals surface area contributed by atoms with Crippen molar-refractivity contribution in [1.29, 1.82) is 0 Å². The number of amides is 1. The van der Waals surface area contributed by atoms with Gasteiger partial charge in [0.1, 0.15) is 6.04 Å². The summed E-state index contributed by atoms with van der Waals surface area (Å²) in [5, 5.41) is 3.32. The van der Waals surface area contributed by atoms with E-state index in [0.717, 1.165) is 11.3 Å².